The monoisotopic (exact) mass is 338 g/mol. The fourth-order valence-corrected chi connectivity index (χ4v) is 2.47. The van der Waals surface area contributed by atoms with Gasteiger partial charge in [-0.1, -0.05) is 6.07 Å². The van der Waals surface area contributed by atoms with E-state index < -0.39 is 0 Å². The molecule has 0 saturated carbocycles. The highest BCUT2D eigenvalue weighted by molar-refractivity contribution is 5.97. The van der Waals surface area contributed by atoms with Gasteiger partial charge in [0.1, 0.15) is 17.2 Å². The second-order valence-electron chi connectivity index (χ2n) is 5.24. The second kappa shape index (κ2) is 7.53. The molecule has 0 fully saturated rings. The van der Waals surface area contributed by atoms with Crippen molar-refractivity contribution in [3.05, 3.63) is 66.1 Å². The summed E-state index contributed by atoms with van der Waals surface area (Å²) in [6.45, 7) is 0.317. The molecular formula is C19H18N2O4. The van der Waals surface area contributed by atoms with E-state index in [-0.39, 0.29) is 5.91 Å². The maximum atomic E-state index is 12.5. The Morgan fingerprint density at radius 2 is 2.04 bits per heavy atom. The lowest BCUT2D eigenvalue weighted by molar-refractivity contribution is 0.0948. The van der Waals surface area contributed by atoms with E-state index in [4.69, 9.17) is 13.9 Å². The Kier molecular flexibility index (Phi) is 4.99. The highest BCUT2D eigenvalue weighted by Gasteiger charge is 2.15. The van der Waals surface area contributed by atoms with E-state index in [1.807, 2.05) is 18.2 Å². The lowest BCUT2D eigenvalue weighted by Gasteiger charge is -2.12. The number of furan rings is 1. The number of ether oxygens (including phenoxy) is 2. The van der Waals surface area contributed by atoms with Gasteiger partial charge < -0.3 is 19.2 Å². The van der Waals surface area contributed by atoms with Crippen LogP contribution in [-0.4, -0.2) is 25.1 Å². The summed E-state index contributed by atoms with van der Waals surface area (Å²) in [5, 5.41) is 2.89. The van der Waals surface area contributed by atoms with Crippen molar-refractivity contribution in [2.75, 3.05) is 14.2 Å². The topological polar surface area (TPSA) is 73.6 Å². The summed E-state index contributed by atoms with van der Waals surface area (Å²) >= 11 is 0. The number of carbonyl (C=O) groups excluding carboxylic acids is 1. The van der Waals surface area contributed by atoms with Crippen LogP contribution in [0, 0.1) is 0 Å². The zero-order valence-electron chi connectivity index (χ0n) is 14.0. The standard InChI is InChI=1S/C19H18N2O4/c1-23-14-7-8-15(17(11-14)24-2)19(22)21-12-13-5-3-9-20-18(13)16-6-4-10-25-16/h3-11H,12H2,1-2H3,(H,21,22). The molecule has 6 heteroatoms. The first-order valence-electron chi connectivity index (χ1n) is 7.71. The van der Waals surface area contributed by atoms with Crippen molar-refractivity contribution in [3.63, 3.8) is 0 Å². The zero-order valence-corrected chi connectivity index (χ0v) is 14.0. The number of amides is 1. The summed E-state index contributed by atoms with van der Waals surface area (Å²) < 4.78 is 15.8. The Hall–Kier alpha value is -3.28. The van der Waals surface area contributed by atoms with Crippen LogP contribution in [0.2, 0.25) is 0 Å². The van der Waals surface area contributed by atoms with E-state index in [1.54, 1.807) is 43.8 Å². The molecule has 0 aliphatic rings. The average molecular weight is 338 g/mol. The van der Waals surface area contributed by atoms with E-state index in [1.165, 1.54) is 7.11 Å². The van der Waals surface area contributed by atoms with Crippen LogP contribution < -0.4 is 14.8 Å². The predicted octanol–water partition coefficient (Wildman–Crippen LogP) is 3.29. The molecule has 6 nitrogen and oxygen atoms in total. The van der Waals surface area contributed by atoms with Crippen molar-refractivity contribution in [1.82, 2.24) is 10.3 Å². The Balaban J connectivity index is 1.78. The number of hydrogen-bond donors (Lipinski definition) is 1. The molecule has 0 atom stereocenters. The minimum atomic E-state index is -0.242. The van der Waals surface area contributed by atoms with Gasteiger partial charge in [-0.15, -0.1) is 0 Å². The van der Waals surface area contributed by atoms with Gasteiger partial charge in [-0.2, -0.15) is 0 Å². The van der Waals surface area contributed by atoms with E-state index >= 15 is 0 Å². The van der Waals surface area contributed by atoms with Crippen LogP contribution in [0.5, 0.6) is 11.5 Å². The molecular weight excluding hydrogens is 320 g/mol. The summed E-state index contributed by atoms with van der Waals surface area (Å²) in [6, 6.07) is 12.4. The van der Waals surface area contributed by atoms with Crippen molar-refractivity contribution >= 4 is 5.91 Å². The second-order valence-corrected chi connectivity index (χ2v) is 5.24. The van der Waals surface area contributed by atoms with E-state index in [0.29, 0.717) is 35.1 Å². The summed E-state index contributed by atoms with van der Waals surface area (Å²) in [7, 11) is 3.08. The maximum Gasteiger partial charge on any atom is 0.255 e. The van der Waals surface area contributed by atoms with Gasteiger partial charge in [0, 0.05) is 24.4 Å². The van der Waals surface area contributed by atoms with Crippen LogP contribution in [0.3, 0.4) is 0 Å². The van der Waals surface area contributed by atoms with Crippen LogP contribution >= 0.6 is 0 Å². The molecule has 1 amide bonds. The van der Waals surface area contributed by atoms with Crippen molar-refractivity contribution in [2.45, 2.75) is 6.54 Å². The number of methoxy groups -OCH3 is 2. The summed E-state index contributed by atoms with van der Waals surface area (Å²) in [5.74, 6) is 1.50. The van der Waals surface area contributed by atoms with Gasteiger partial charge >= 0.3 is 0 Å². The van der Waals surface area contributed by atoms with Gasteiger partial charge in [0.25, 0.3) is 5.91 Å². The number of pyridine rings is 1. The SMILES string of the molecule is COc1ccc(C(=O)NCc2cccnc2-c2ccco2)c(OC)c1. The molecule has 3 aromatic rings. The van der Waals surface area contributed by atoms with Crippen molar-refractivity contribution < 1.29 is 18.7 Å². The Morgan fingerprint density at radius 3 is 2.76 bits per heavy atom. The van der Waals surface area contributed by atoms with Crippen molar-refractivity contribution in [3.8, 4) is 23.0 Å². The lowest BCUT2D eigenvalue weighted by Crippen LogP contribution is -2.23. The largest absolute Gasteiger partial charge is 0.497 e. The minimum Gasteiger partial charge on any atom is -0.497 e. The molecule has 2 aromatic heterocycles. The van der Waals surface area contributed by atoms with Gasteiger partial charge in [0.05, 0.1) is 26.0 Å². The summed E-state index contributed by atoms with van der Waals surface area (Å²) in [4.78, 5) is 16.9. The molecule has 0 aliphatic heterocycles. The number of benzene rings is 1. The van der Waals surface area contributed by atoms with E-state index in [0.717, 1.165) is 5.56 Å². The third-order valence-electron chi connectivity index (χ3n) is 3.74. The third-order valence-corrected chi connectivity index (χ3v) is 3.74. The smallest absolute Gasteiger partial charge is 0.255 e. The van der Waals surface area contributed by atoms with E-state index in [2.05, 4.69) is 10.3 Å². The maximum absolute atomic E-state index is 12.5. The number of rotatable bonds is 6. The first-order valence-corrected chi connectivity index (χ1v) is 7.71. The number of carbonyl (C=O) groups is 1. The molecule has 1 aromatic carbocycles. The third kappa shape index (κ3) is 3.63. The number of hydrogen-bond acceptors (Lipinski definition) is 5. The van der Waals surface area contributed by atoms with Crippen LogP contribution in [-0.2, 0) is 6.54 Å². The molecule has 0 radical (unpaired) electrons. The highest BCUT2D eigenvalue weighted by Crippen LogP contribution is 2.25. The Bertz CT molecular complexity index is 860. The summed E-state index contributed by atoms with van der Waals surface area (Å²) in [5.41, 5.74) is 2.00. The molecule has 1 N–H and O–H groups in total. The van der Waals surface area contributed by atoms with Crippen molar-refractivity contribution in [2.24, 2.45) is 0 Å². The Morgan fingerprint density at radius 1 is 1.16 bits per heavy atom. The van der Waals surface area contributed by atoms with Crippen LogP contribution in [0.15, 0.2) is 59.3 Å². The van der Waals surface area contributed by atoms with Gasteiger partial charge in [-0.3, -0.25) is 9.78 Å². The van der Waals surface area contributed by atoms with Crippen LogP contribution in [0.25, 0.3) is 11.5 Å². The number of nitrogens with zero attached hydrogens (tertiary/aromatic N) is 1. The number of aromatic nitrogens is 1. The van der Waals surface area contributed by atoms with Gasteiger partial charge in [0.2, 0.25) is 0 Å². The highest BCUT2D eigenvalue weighted by atomic mass is 16.5. The van der Waals surface area contributed by atoms with Crippen molar-refractivity contribution in [1.29, 1.82) is 0 Å². The van der Waals surface area contributed by atoms with Gasteiger partial charge in [-0.05, 0) is 30.3 Å². The first-order chi connectivity index (χ1) is 12.2. The average Bonchev–Trinajstić information content (AvgIpc) is 3.20. The molecule has 0 spiro atoms. The van der Waals surface area contributed by atoms with Gasteiger partial charge in [0.15, 0.2) is 5.76 Å². The number of nitrogens with one attached hydrogen (secondary N) is 1. The molecule has 0 bridgehead atoms. The lowest BCUT2D eigenvalue weighted by atomic mass is 10.1. The molecule has 25 heavy (non-hydrogen) atoms. The summed E-state index contributed by atoms with van der Waals surface area (Å²) in [6.07, 6.45) is 3.28. The molecule has 2 heterocycles. The predicted molar refractivity (Wildman–Crippen MR) is 92.7 cm³/mol. The fourth-order valence-electron chi connectivity index (χ4n) is 2.47. The molecule has 128 valence electrons. The molecule has 0 saturated heterocycles. The molecule has 3 rings (SSSR count). The minimum absolute atomic E-state index is 0.242. The van der Waals surface area contributed by atoms with Gasteiger partial charge in [-0.25, -0.2) is 0 Å². The first kappa shape index (κ1) is 16.6. The zero-order chi connectivity index (χ0) is 17.6. The van der Waals surface area contributed by atoms with Crippen LogP contribution in [0.4, 0.5) is 0 Å². The molecule has 0 aliphatic carbocycles. The quantitative estimate of drug-likeness (QED) is 0.746. The fraction of sp³-hybridized carbons (Fsp3) is 0.158. The normalized spacial score (nSPS) is 10.3. The van der Waals surface area contributed by atoms with E-state index in [9.17, 15) is 4.79 Å². The Labute approximate surface area is 145 Å². The molecule has 0 unspecified atom stereocenters. The van der Waals surface area contributed by atoms with Crippen LogP contribution in [0.1, 0.15) is 15.9 Å².